The normalized spacial score (nSPS) is 27.9. The lowest BCUT2D eigenvalue weighted by molar-refractivity contribution is -0.379. The molecule has 3 saturated heterocycles. The van der Waals surface area contributed by atoms with E-state index in [1.807, 2.05) is 6.08 Å². The van der Waals surface area contributed by atoms with E-state index in [-0.39, 0.29) is 18.9 Å². The van der Waals surface area contributed by atoms with Crippen molar-refractivity contribution < 1.29 is 89.4 Å². The number of unbranched alkanes of at least 4 members (excludes halogenated alkanes) is 35. The van der Waals surface area contributed by atoms with E-state index >= 15 is 0 Å². The van der Waals surface area contributed by atoms with Crippen LogP contribution < -0.4 is 5.32 Å². The minimum Gasteiger partial charge on any atom is -0.394 e. The summed E-state index contributed by atoms with van der Waals surface area (Å²) in [4.78, 5) is 13.4. The lowest BCUT2D eigenvalue weighted by atomic mass is 9.96. The number of aliphatic hydroxyl groups excluding tert-OH is 11. The minimum absolute atomic E-state index is 0.219. The maximum absolute atomic E-state index is 13.4. The Hall–Kier alpha value is -2.25. The molecule has 17 atom stereocenters. The van der Waals surface area contributed by atoms with Gasteiger partial charge in [-0.2, -0.15) is 0 Å². The summed E-state index contributed by atoms with van der Waals surface area (Å²) >= 11 is 0. The van der Waals surface area contributed by atoms with Crippen LogP contribution in [-0.4, -0.2) is 193 Å². The van der Waals surface area contributed by atoms with E-state index in [9.17, 15) is 61.0 Å². The summed E-state index contributed by atoms with van der Waals surface area (Å²) < 4.78 is 34.3. The standard InChI is InChI=1S/C73H133NO18/c1-3-5-7-9-11-13-15-17-19-21-22-23-24-25-26-27-28-29-30-31-32-33-34-35-36-38-40-42-44-46-48-50-57(78)56(74-61(79)51-49-47-45-43-41-39-37-20-18-16-14-12-10-8-6-4-2)55-87-71-67(85)64(82)69(59(53-76)89-71)92-73-68(86)65(83)70(60(54-77)90-73)91-72-66(84)63(81)62(80)58(52-75)88-72/h14,16,20,37,40,42,48,50,56-60,62-73,75-78,80-86H,3-13,15,17-19,21-36,38-39,41,43-47,49,51-55H2,1-2H3,(H,74,79)/b16-14-,37-20-,42-40+,50-48+. The Balaban J connectivity index is 1.40. The number of allylic oxidation sites excluding steroid dienone is 7. The highest BCUT2D eigenvalue weighted by Crippen LogP contribution is 2.33. The first kappa shape index (κ1) is 84.0. The molecular weight excluding hydrogens is 1180 g/mol. The number of ether oxygens (including phenoxy) is 6. The van der Waals surface area contributed by atoms with Gasteiger partial charge in [-0.3, -0.25) is 4.79 Å². The van der Waals surface area contributed by atoms with Crippen LogP contribution in [0, 0.1) is 0 Å². The van der Waals surface area contributed by atoms with Gasteiger partial charge < -0.3 is 89.9 Å². The number of amides is 1. The van der Waals surface area contributed by atoms with Gasteiger partial charge in [0.05, 0.1) is 38.6 Å². The molecule has 0 aromatic carbocycles. The van der Waals surface area contributed by atoms with E-state index in [2.05, 4.69) is 55.6 Å². The van der Waals surface area contributed by atoms with Crippen molar-refractivity contribution >= 4 is 5.91 Å². The smallest absolute Gasteiger partial charge is 0.220 e. The predicted molar refractivity (Wildman–Crippen MR) is 360 cm³/mol. The molecule has 0 saturated carbocycles. The molecule has 0 aromatic heterocycles. The van der Waals surface area contributed by atoms with Crippen LogP contribution in [0.3, 0.4) is 0 Å². The Bertz CT molecular complexity index is 1860. The molecule has 3 aliphatic rings. The Morgan fingerprint density at radius 1 is 0.391 bits per heavy atom. The molecule has 3 rings (SSSR count). The van der Waals surface area contributed by atoms with E-state index in [0.717, 1.165) is 64.2 Å². The van der Waals surface area contributed by atoms with Crippen LogP contribution in [0.15, 0.2) is 48.6 Å². The topological polar surface area (TPSA) is 307 Å². The summed E-state index contributed by atoms with van der Waals surface area (Å²) in [6.07, 6.45) is 39.7. The second-order valence-corrected chi connectivity index (χ2v) is 26.4. The summed E-state index contributed by atoms with van der Waals surface area (Å²) in [5, 5.41) is 121. The van der Waals surface area contributed by atoms with Gasteiger partial charge in [-0.05, 0) is 64.2 Å². The molecule has 0 aliphatic carbocycles. The zero-order valence-corrected chi connectivity index (χ0v) is 57.0. The molecule has 0 spiro atoms. The van der Waals surface area contributed by atoms with Gasteiger partial charge in [0.25, 0.3) is 0 Å². The SMILES string of the molecule is CCCCCC/C=C\C/C=C\CCCCCCCC(=O)NC(COC1OC(CO)C(OC2OC(CO)C(OC3OC(CO)C(O)C(O)C3O)C(O)C2O)C(O)C1O)C(O)/C=C/CC/C=C/CCCCCCCCCCCCCCCCCCCCCCCCCCC. The average molecular weight is 1310 g/mol. The van der Waals surface area contributed by atoms with E-state index in [1.165, 1.54) is 180 Å². The van der Waals surface area contributed by atoms with Gasteiger partial charge in [-0.1, -0.05) is 255 Å². The van der Waals surface area contributed by atoms with Crippen LogP contribution in [0.4, 0.5) is 0 Å². The van der Waals surface area contributed by atoms with Crippen molar-refractivity contribution in [1.29, 1.82) is 0 Å². The van der Waals surface area contributed by atoms with Gasteiger partial charge in [0.15, 0.2) is 18.9 Å². The maximum Gasteiger partial charge on any atom is 0.220 e. The van der Waals surface area contributed by atoms with Crippen LogP contribution >= 0.6 is 0 Å². The highest BCUT2D eigenvalue weighted by molar-refractivity contribution is 5.76. The van der Waals surface area contributed by atoms with Crippen LogP contribution in [0.5, 0.6) is 0 Å². The van der Waals surface area contributed by atoms with Gasteiger partial charge in [-0.15, -0.1) is 0 Å². The third-order valence-electron chi connectivity index (χ3n) is 18.3. The summed E-state index contributed by atoms with van der Waals surface area (Å²) in [6, 6.07) is -0.999. The van der Waals surface area contributed by atoms with Crippen LogP contribution in [0.25, 0.3) is 0 Å². The Morgan fingerprint density at radius 2 is 0.728 bits per heavy atom. The third-order valence-corrected chi connectivity index (χ3v) is 18.3. The maximum atomic E-state index is 13.4. The van der Waals surface area contributed by atoms with Crippen molar-refractivity contribution in [1.82, 2.24) is 5.32 Å². The average Bonchev–Trinajstić information content (AvgIpc) is 0.808. The van der Waals surface area contributed by atoms with E-state index in [4.69, 9.17) is 28.4 Å². The second-order valence-electron chi connectivity index (χ2n) is 26.4. The van der Waals surface area contributed by atoms with Crippen LogP contribution in [-0.2, 0) is 33.2 Å². The molecule has 3 aliphatic heterocycles. The van der Waals surface area contributed by atoms with Gasteiger partial charge in [0.1, 0.15) is 73.2 Å². The van der Waals surface area contributed by atoms with Crippen molar-refractivity contribution in [2.75, 3.05) is 26.4 Å². The van der Waals surface area contributed by atoms with Gasteiger partial charge in [0, 0.05) is 6.42 Å². The molecule has 12 N–H and O–H groups in total. The molecule has 19 heteroatoms. The van der Waals surface area contributed by atoms with Gasteiger partial charge >= 0.3 is 0 Å². The fraction of sp³-hybridized carbons (Fsp3) is 0.877. The molecule has 92 heavy (non-hydrogen) atoms. The Labute approximate surface area is 554 Å². The summed E-state index contributed by atoms with van der Waals surface area (Å²) in [6.45, 7) is 1.70. The van der Waals surface area contributed by atoms with Crippen molar-refractivity contribution in [3.63, 3.8) is 0 Å². The first-order valence-corrected chi connectivity index (χ1v) is 36.9. The van der Waals surface area contributed by atoms with E-state index < -0.39 is 124 Å². The molecular formula is C73H133NO18. The molecule has 0 bridgehead atoms. The predicted octanol–water partition coefficient (Wildman–Crippen LogP) is 10.6. The summed E-state index contributed by atoms with van der Waals surface area (Å²) in [7, 11) is 0. The summed E-state index contributed by atoms with van der Waals surface area (Å²) in [5.41, 5.74) is 0. The molecule has 0 radical (unpaired) electrons. The number of hydrogen-bond donors (Lipinski definition) is 12. The van der Waals surface area contributed by atoms with E-state index in [1.54, 1.807) is 6.08 Å². The number of rotatable bonds is 57. The quantitative estimate of drug-likeness (QED) is 0.0199. The van der Waals surface area contributed by atoms with Crippen LogP contribution in [0.1, 0.15) is 277 Å². The molecule has 1 amide bonds. The third kappa shape index (κ3) is 35.8. The van der Waals surface area contributed by atoms with Crippen molar-refractivity contribution in [2.45, 2.75) is 381 Å². The molecule has 3 heterocycles. The number of aliphatic hydroxyl groups is 11. The monoisotopic (exact) mass is 1310 g/mol. The van der Waals surface area contributed by atoms with E-state index in [0.29, 0.717) is 12.8 Å². The minimum atomic E-state index is -1.98. The lowest BCUT2D eigenvalue weighted by Crippen LogP contribution is -2.66. The number of carbonyl (C=O) groups excluding carboxylic acids is 1. The largest absolute Gasteiger partial charge is 0.394 e. The van der Waals surface area contributed by atoms with Crippen molar-refractivity contribution in [3.8, 4) is 0 Å². The highest BCUT2D eigenvalue weighted by atomic mass is 16.8. The second kappa shape index (κ2) is 54.7. The Kier molecular flexibility index (Phi) is 50.0. The highest BCUT2D eigenvalue weighted by Gasteiger charge is 2.53. The zero-order chi connectivity index (χ0) is 66.8. The first-order chi connectivity index (χ1) is 44.8. The molecule has 538 valence electrons. The molecule has 19 nitrogen and oxygen atoms in total. The number of nitrogens with one attached hydrogen (secondary N) is 1. The first-order valence-electron chi connectivity index (χ1n) is 36.9. The van der Waals surface area contributed by atoms with Crippen LogP contribution in [0.2, 0.25) is 0 Å². The number of hydrogen-bond acceptors (Lipinski definition) is 18. The molecule has 17 unspecified atom stereocenters. The zero-order valence-electron chi connectivity index (χ0n) is 57.0. The fourth-order valence-electron chi connectivity index (χ4n) is 12.4. The fourth-order valence-corrected chi connectivity index (χ4v) is 12.4. The van der Waals surface area contributed by atoms with Crippen molar-refractivity contribution in [3.05, 3.63) is 48.6 Å². The molecule has 3 fully saturated rings. The van der Waals surface area contributed by atoms with Gasteiger partial charge in [0.2, 0.25) is 5.91 Å². The summed E-state index contributed by atoms with van der Waals surface area (Å²) in [5.74, 6) is -0.298. The van der Waals surface area contributed by atoms with Gasteiger partial charge in [-0.25, -0.2) is 0 Å². The van der Waals surface area contributed by atoms with Crippen molar-refractivity contribution in [2.24, 2.45) is 0 Å². The molecule has 0 aromatic rings. The Morgan fingerprint density at radius 3 is 1.16 bits per heavy atom. The number of carbonyl (C=O) groups is 1. The lowest BCUT2D eigenvalue weighted by Gasteiger charge is -2.48.